The van der Waals surface area contributed by atoms with E-state index in [2.05, 4.69) is 45.7 Å². The number of rotatable bonds is 9. The standard InChI is InChI=1S/C11H15N5O9S.C6H15N/c1-23-11(19)8-7(10(18)16(8)26(20,21)22)13-9(17)6(14-24-2)5-3-15(12)25-4-5;1-4-7(5-2)6-3/h4,7-8H,3,12H2,1-2H3,(H,13,17)(H,20,21,22);4-6H2,1-3H3/b14-6-;/t7-,8-;/m1./s1. The van der Waals surface area contributed by atoms with Crippen molar-refractivity contribution in [3.05, 3.63) is 11.8 Å². The number of nitrogens with one attached hydrogen (secondary N) is 1. The number of carbonyl (C=O) groups excluding carboxylic acids is 3. The van der Waals surface area contributed by atoms with Gasteiger partial charge in [0, 0.05) is 5.57 Å². The number of nitrogens with two attached hydrogens (primary N) is 1. The highest BCUT2D eigenvalue weighted by molar-refractivity contribution is 7.84. The zero-order valence-corrected chi connectivity index (χ0v) is 19.9. The summed E-state index contributed by atoms with van der Waals surface area (Å²) in [5, 5.41) is 6.53. The lowest BCUT2D eigenvalue weighted by Gasteiger charge is -2.41. The molecule has 4 N–H and O–H groups in total. The summed E-state index contributed by atoms with van der Waals surface area (Å²) in [6.07, 6.45) is 1.11. The molecule has 0 spiro atoms. The van der Waals surface area contributed by atoms with Crippen molar-refractivity contribution in [2.45, 2.75) is 32.9 Å². The first-order valence-electron chi connectivity index (χ1n) is 9.87. The van der Waals surface area contributed by atoms with Crippen LogP contribution in [-0.2, 0) is 39.1 Å². The minimum absolute atomic E-state index is 0.0359. The van der Waals surface area contributed by atoms with E-state index in [0.717, 1.165) is 25.7 Å². The summed E-state index contributed by atoms with van der Waals surface area (Å²) in [6, 6.07) is -3.37. The Morgan fingerprint density at radius 1 is 1.30 bits per heavy atom. The van der Waals surface area contributed by atoms with Crippen LogP contribution < -0.4 is 11.2 Å². The second-order valence-electron chi connectivity index (χ2n) is 6.60. The summed E-state index contributed by atoms with van der Waals surface area (Å²) in [5.74, 6) is 2.02. The predicted octanol–water partition coefficient (Wildman–Crippen LogP) is -1.99. The van der Waals surface area contributed by atoms with Crippen LogP contribution >= 0.6 is 0 Å². The monoisotopic (exact) mass is 494 g/mol. The van der Waals surface area contributed by atoms with Gasteiger partial charge in [-0.05, 0) is 19.6 Å². The Kier molecular flexibility index (Phi) is 10.7. The molecular formula is C17H30N6O9S. The summed E-state index contributed by atoms with van der Waals surface area (Å²) in [5.41, 5.74) is -0.123. The first-order valence-corrected chi connectivity index (χ1v) is 11.3. The lowest BCUT2D eigenvalue weighted by atomic mass is 9.98. The summed E-state index contributed by atoms with van der Waals surface area (Å²) < 4.78 is 35.8. The Morgan fingerprint density at radius 3 is 2.24 bits per heavy atom. The average molecular weight is 495 g/mol. The number of β-lactam (4-membered cyclic amide) rings is 1. The van der Waals surface area contributed by atoms with E-state index in [9.17, 15) is 22.8 Å². The van der Waals surface area contributed by atoms with Crippen molar-refractivity contribution < 1.29 is 41.8 Å². The molecule has 2 amide bonds. The smallest absolute Gasteiger partial charge is 0.363 e. The lowest BCUT2D eigenvalue weighted by molar-refractivity contribution is -0.162. The number of hydrogen-bond donors (Lipinski definition) is 3. The van der Waals surface area contributed by atoms with Crippen LogP contribution in [0.2, 0.25) is 0 Å². The van der Waals surface area contributed by atoms with Gasteiger partial charge in [-0.25, -0.2) is 10.6 Å². The SMILES string of the molecule is CCN(CC)CC.CO/N=C(\C(=O)N[C@H]1C(=O)N(S(=O)(=O)O)[C@H]1C(=O)OC)C1=CON(N)C1. The summed E-state index contributed by atoms with van der Waals surface area (Å²) >= 11 is 0. The molecule has 16 heteroatoms. The highest BCUT2D eigenvalue weighted by Crippen LogP contribution is 2.25. The normalized spacial score (nSPS) is 20.8. The molecule has 0 radical (unpaired) electrons. The van der Waals surface area contributed by atoms with Crippen LogP contribution in [0.5, 0.6) is 0 Å². The second kappa shape index (κ2) is 12.4. The van der Waals surface area contributed by atoms with Crippen LogP contribution in [0.1, 0.15) is 20.8 Å². The van der Waals surface area contributed by atoms with Crippen molar-refractivity contribution in [3.63, 3.8) is 0 Å². The van der Waals surface area contributed by atoms with Gasteiger partial charge in [0.1, 0.15) is 19.4 Å². The molecule has 0 unspecified atom stereocenters. The Labute approximate surface area is 191 Å². The van der Waals surface area contributed by atoms with Crippen LogP contribution in [0.15, 0.2) is 17.0 Å². The van der Waals surface area contributed by atoms with E-state index in [1.807, 2.05) is 0 Å². The number of nitrogens with zero attached hydrogens (tertiary/aromatic N) is 4. The molecule has 0 saturated carbocycles. The third-order valence-corrected chi connectivity index (χ3v) is 5.63. The summed E-state index contributed by atoms with van der Waals surface area (Å²) in [4.78, 5) is 47.8. The molecule has 1 saturated heterocycles. The summed E-state index contributed by atoms with van der Waals surface area (Å²) in [7, 11) is -2.91. The fourth-order valence-corrected chi connectivity index (χ4v) is 3.77. The number of hydroxylamine groups is 1. The van der Waals surface area contributed by atoms with Gasteiger partial charge in [-0.3, -0.25) is 14.1 Å². The van der Waals surface area contributed by atoms with Crippen LogP contribution in [0.25, 0.3) is 0 Å². The van der Waals surface area contributed by atoms with Gasteiger partial charge in [0.05, 0.1) is 13.7 Å². The number of methoxy groups -OCH3 is 1. The quantitative estimate of drug-likeness (QED) is 0.0799. The average Bonchev–Trinajstić information content (AvgIpc) is 3.19. The molecule has 0 aromatic carbocycles. The number of oxime groups is 1. The predicted molar refractivity (Wildman–Crippen MR) is 114 cm³/mol. The number of amides is 2. The van der Waals surface area contributed by atoms with Crippen molar-refractivity contribution in [2.75, 3.05) is 40.4 Å². The molecule has 0 aliphatic carbocycles. The largest absolute Gasteiger partial charge is 0.467 e. The number of hydrogen-bond acceptors (Lipinski definition) is 12. The Morgan fingerprint density at radius 2 is 1.88 bits per heavy atom. The topological polar surface area (TPSA) is 193 Å². The van der Waals surface area contributed by atoms with E-state index in [-0.39, 0.29) is 22.1 Å². The molecule has 2 heterocycles. The number of ether oxygens (including phenoxy) is 1. The van der Waals surface area contributed by atoms with Crippen LogP contribution in [0, 0.1) is 0 Å². The third kappa shape index (κ3) is 7.10. The first-order chi connectivity index (χ1) is 15.5. The van der Waals surface area contributed by atoms with Gasteiger partial charge in [0.2, 0.25) is 0 Å². The molecule has 0 aromatic rings. The van der Waals surface area contributed by atoms with Crippen molar-refractivity contribution in [1.82, 2.24) is 19.7 Å². The zero-order chi connectivity index (χ0) is 25.3. The Balaban J connectivity index is 0.000000675. The molecule has 0 bridgehead atoms. The van der Waals surface area contributed by atoms with Gasteiger partial charge in [-0.15, -0.1) is 0 Å². The first kappa shape index (κ1) is 28.2. The summed E-state index contributed by atoms with van der Waals surface area (Å²) in [6.45, 7) is 10.1. The molecule has 0 aromatic heterocycles. The highest BCUT2D eigenvalue weighted by Gasteiger charge is 2.58. The molecule has 33 heavy (non-hydrogen) atoms. The molecule has 1 fully saturated rings. The van der Waals surface area contributed by atoms with E-state index in [1.54, 1.807) is 0 Å². The minimum Gasteiger partial charge on any atom is -0.467 e. The molecular weight excluding hydrogens is 464 g/mol. The molecule has 2 atom stereocenters. The lowest BCUT2D eigenvalue weighted by Crippen LogP contribution is -2.74. The van der Waals surface area contributed by atoms with Crippen molar-refractivity contribution >= 4 is 33.8 Å². The van der Waals surface area contributed by atoms with Crippen molar-refractivity contribution in [1.29, 1.82) is 0 Å². The van der Waals surface area contributed by atoms with Crippen molar-refractivity contribution in [3.8, 4) is 0 Å². The Hall–Kier alpha value is -2.79. The van der Waals surface area contributed by atoms with Crippen molar-refractivity contribution in [2.24, 2.45) is 11.0 Å². The van der Waals surface area contributed by atoms with Gasteiger partial charge < -0.3 is 24.6 Å². The second-order valence-corrected chi connectivity index (χ2v) is 7.89. The molecule has 188 valence electrons. The molecule has 2 aliphatic heterocycles. The molecule has 2 rings (SSSR count). The molecule has 15 nitrogen and oxygen atoms in total. The van der Waals surface area contributed by atoms with Crippen LogP contribution in [0.3, 0.4) is 0 Å². The Bertz CT molecular complexity index is 882. The highest BCUT2D eigenvalue weighted by atomic mass is 32.2. The third-order valence-electron chi connectivity index (χ3n) is 4.73. The maximum atomic E-state index is 12.4. The number of hydrazine groups is 1. The van der Waals surface area contributed by atoms with E-state index < -0.39 is 40.2 Å². The number of carbonyl (C=O) groups is 3. The zero-order valence-electron chi connectivity index (χ0n) is 19.0. The van der Waals surface area contributed by atoms with Gasteiger partial charge >= 0.3 is 16.3 Å². The van der Waals surface area contributed by atoms with E-state index in [0.29, 0.717) is 0 Å². The van der Waals surface area contributed by atoms with Gasteiger partial charge in [0.25, 0.3) is 11.8 Å². The van der Waals surface area contributed by atoms with Gasteiger partial charge in [-0.2, -0.15) is 12.7 Å². The maximum Gasteiger partial charge on any atom is 0.363 e. The number of esters is 1. The van der Waals surface area contributed by atoms with Crippen LogP contribution in [0.4, 0.5) is 0 Å². The maximum absolute atomic E-state index is 12.4. The fourth-order valence-electron chi connectivity index (χ4n) is 2.93. The fraction of sp³-hybridized carbons (Fsp3) is 0.647. The van der Waals surface area contributed by atoms with E-state index in [4.69, 9.17) is 15.2 Å². The van der Waals surface area contributed by atoms with Gasteiger partial charge in [0.15, 0.2) is 11.8 Å². The van der Waals surface area contributed by atoms with Crippen LogP contribution in [-0.4, -0.2) is 103 Å². The van der Waals surface area contributed by atoms with E-state index in [1.165, 1.54) is 19.6 Å². The molecule has 2 aliphatic rings. The minimum atomic E-state index is -5.02. The van der Waals surface area contributed by atoms with E-state index >= 15 is 0 Å². The van der Waals surface area contributed by atoms with Gasteiger partial charge in [-0.1, -0.05) is 31.1 Å².